The normalized spacial score (nSPS) is 11.3. The summed E-state index contributed by atoms with van der Waals surface area (Å²) in [5.74, 6) is -0.380. The Morgan fingerprint density at radius 3 is 2.67 bits per heavy atom. The Hall–Kier alpha value is -2.51. The number of rotatable bonds is 6. The van der Waals surface area contributed by atoms with Gasteiger partial charge in [0.2, 0.25) is 11.9 Å². The summed E-state index contributed by atoms with van der Waals surface area (Å²) in [4.78, 5) is 23.6. The van der Waals surface area contributed by atoms with E-state index in [1.807, 2.05) is 0 Å². The first-order valence-electron chi connectivity index (χ1n) is 7.53. The predicted molar refractivity (Wildman–Crippen MR) is 82.2 cm³/mol. The third-order valence-corrected chi connectivity index (χ3v) is 3.19. The van der Waals surface area contributed by atoms with Crippen LogP contribution in [0.1, 0.15) is 36.8 Å². The summed E-state index contributed by atoms with van der Waals surface area (Å²) in [5.41, 5.74) is -0.186. The third-order valence-electron chi connectivity index (χ3n) is 3.19. The van der Waals surface area contributed by atoms with Gasteiger partial charge in [0.15, 0.2) is 0 Å². The van der Waals surface area contributed by atoms with Crippen molar-refractivity contribution in [3.8, 4) is 0 Å². The molecule has 8 heteroatoms. The van der Waals surface area contributed by atoms with Crippen molar-refractivity contribution < 1.29 is 18.0 Å². The van der Waals surface area contributed by atoms with Crippen molar-refractivity contribution in [2.45, 2.75) is 38.8 Å². The highest BCUT2D eigenvalue weighted by Gasteiger charge is 2.32. The fraction of sp³-hybridized carbons (Fsp3) is 0.375. The van der Waals surface area contributed by atoms with Gasteiger partial charge in [-0.3, -0.25) is 10.1 Å². The number of pyridine rings is 1. The summed E-state index contributed by atoms with van der Waals surface area (Å²) in [5, 5.41) is 2.48. The first kappa shape index (κ1) is 17.8. The van der Waals surface area contributed by atoms with Crippen molar-refractivity contribution in [2.24, 2.45) is 0 Å². The van der Waals surface area contributed by atoms with Crippen LogP contribution in [0.25, 0.3) is 0 Å². The van der Waals surface area contributed by atoms with Crippen molar-refractivity contribution in [2.75, 3.05) is 5.32 Å². The number of hydrogen-bond donors (Lipinski definition) is 1. The monoisotopic (exact) mass is 338 g/mol. The molecule has 2 aromatic heterocycles. The maximum Gasteiger partial charge on any atom is 0.433 e. The van der Waals surface area contributed by atoms with Crippen LogP contribution in [0, 0.1) is 0 Å². The molecular weight excluding hydrogens is 321 g/mol. The first-order valence-corrected chi connectivity index (χ1v) is 7.53. The Kier molecular flexibility index (Phi) is 5.83. The van der Waals surface area contributed by atoms with Crippen molar-refractivity contribution in [1.29, 1.82) is 0 Å². The maximum absolute atomic E-state index is 12.6. The minimum absolute atomic E-state index is 0.0319. The number of alkyl halides is 3. The summed E-state index contributed by atoms with van der Waals surface area (Å²) >= 11 is 0. The Bertz CT molecular complexity index is 704. The molecular formula is C16H17F3N4O. The van der Waals surface area contributed by atoms with Crippen molar-refractivity contribution in [3.05, 3.63) is 47.5 Å². The number of unbranched alkanes of at least 4 members (excludes halogenated alkanes) is 1. The predicted octanol–water partition coefficient (Wildman–Crippen LogP) is 3.41. The van der Waals surface area contributed by atoms with Gasteiger partial charge in [0.25, 0.3) is 0 Å². The van der Waals surface area contributed by atoms with E-state index >= 15 is 0 Å². The molecule has 0 fully saturated rings. The van der Waals surface area contributed by atoms with Gasteiger partial charge >= 0.3 is 6.18 Å². The van der Waals surface area contributed by atoms with Crippen LogP contribution in [0.2, 0.25) is 0 Å². The first-order chi connectivity index (χ1) is 11.4. The maximum atomic E-state index is 12.6. The molecule has 24 heavy (non-hydrogen) atoms. The van der Waals surface area contributed by atoms with Crippen LogP contribution >= 0.6 is 0 Å². The zero-order chi connectivity index (χ0) is 17.6. The van der Waals surface area contributed by atoms with E-state index in [9.17, 15) is 18.0 Å². The van der Waals surface area contributed by atoms with E-state index in [-0.39, 0.29) is 18.1 Å². The lowest BCUT2D eigenvalue weighted by Gasteiger charge is -2.08. The molecule has 0 radical (unpaired) electrons. The van der Waals surface area contributed by atoms with Crippen LogP contribution in [0.4, 0.5) is 19.1 Å². The fourth-order valence-corrected chi connectivity index (χ4v) is 2.02. The Labute approximate surface area is 137 Å². The SMILES string of the molecule is CCCCc1ccnc(NC(=O)Cc2cccc(C(F)(F)F)n2)n1. The highest BCUT2D eigenvalue weighted by molar-refractivity contribution is 5.90. The van der Waals surface area contributed by atoms with Gasteiger partial charge in [0, 0.05) is 11.9 Å². The molecule has 2 rings (SSSR count). The summed E-state index contributed by atoms with van der Waals surface area (Å²) in [6.45, 7) is 2.06. The van der Waals surface area contributed by atoms with Gasteiger partial charge in [-0.2, -0.15) is 13.2 Å². The van der Waals surface area contributed by atoms with Gasteiger partial charge in [-0.25, -0.2) is 15.0 Å². The number of nitrogens with zero attached hydrogens (tertiary/aromatic N) is 3. The number of hydrogen-bond acceptors (Lipinski definition) is 4. The molecule has 128 valence electrons. The van der Waals surface area contributed by atoms with E-state index in [0.29, 0.717) is 0 Å². The number of aromatic nitrogens is 3. The number of anilines is 1. The highest BCUT2D eigenvalue weighted by atomic mass is 19.4. The van der Waals surface area contributed by atoms with Gasteiger partial charge in [-0.05, 0) is 31.0 Å². The second-order valence-corrected chi connectivity index (χ2v) is 5.21. The molecule has 2 heterocycles. The fourth-order valence-electron chi connectivity index (χ4n) is 2.02. The Morgan fingerprint density at radius 2 is 1.96 bits per heavy atom. The minimum Gasteiger partial charge on any atom is -0.294 e. The summed E-state index contributed by atoms with van der Waals surface area (Å²) in [6.07, 6.45) is -0.519. The van der Waals surface area contributed by atoms with Crippen molar-refractivity contribution in [1.82, 2.24) is 15.0 Å². The van der Waals surface area contributed by atoms with Crippen LogP contribution in [-0.4, -0.2) is 20.9 Å². The van der Waals surface area contributed by atoms with E-state index in [1.54, 1.807) is 6.07 Å². The molecule has 0 aliphatic rings. The summed E-state index contributed by atoms with van der Waals surface area (Å²) in [6, 6.07) is 5.22. The van der Waals surface area contributed by atoms with E-state index in [2.05, 4.69) is 27.2 Å². The van der Waals surface area contributed by atoms with Gasteiger partial charge in [0.1, 0.15) is 5.69 Å². The third kappa shape index (κ3) is 5.29. The molecule has 5 nitrogen and oxygen atoms in total. The Balaban J connectivity index is 2.01. The van der Waals surface area contributed by atoms with Crippen LogP contribution in [0.3, 0.4) is 0 Å². The molecule has 0 unspecified atom stereocenters. The van der Waals surface area contributed by atoms with Crippen molar-refractivity contribution in [3.63, 3.8) is 0 Å². The van der Waals surface area contributed by atoms with Crippen LogP contribution < -0.4 is 5.32 Å². The van der Waals surface area contributed by atoms with Crippen LogP contribution in [0.15, 0.2) is 30.5 Å². The molecule has 0 atom stereocenters. The van der Waals surface area contributed by atoms with E-state index < -0.39 is 17.8 Å². The van der Waals surface area contributed by atoms with Gasteiger partial charge in [0.05, 0.1) is 12.1 Å². The van der Waals surface area contributed by atoms with Gasteiger partial charge < -0.3 is 0 Å². The number of carbonyl (C=O) groups is 1. The van der Waals surface area contributed by atoms with Crippen LogP contribution in [0.5, 0.6) is 0 Å². The second-order valence-electron chi connectivity index (χ2n) is 5.21. The zero-order valence-corrected chi connectivity index (χ0v) is 13.1. The number of aryl methyl sites for hydroxylation is 1. The molecule has 0 saturated carbocycles. The molecule has 0 aliphatic carbocycles. The zero-order valence-electron chi connectivity index (χ0n) is 13.1. The van der Waals surface area contributed by atoms with E-state index in [4.69, 9.17) is 0 Å². The molecule has 1 N–H and O–H groups in total. The van der Waals surface area contributed by atoms with Gasteiger partial charge in [-0.1, -0.05) is 19.4 Å². The van der Waals surface area contributed by atoms with Crippen molar-refractivity contribution >= 4 is 11.9 Å². The molecule has 1 amide bonds. The molecule has 2 aromatic rings. The van der Waals surface area contributed by atoms with Gasteiger partial charge in [-0.15, -0.1) is 0 Å². The minimum atomic E-state index is -4.54. The Morgan fingerprint density at radius 1 is 1.17 bits per heavy atom. The smallest absolute Gasteiger partial charge is 0.294 e. The molecule has 0 bridgehead atoms. The highest BCUT2D eigenvalue weighted by Crippen LogP contribution is 2.27. The quantitative estimate of drug-likeness (QED) is 0.876. The number of halogens is 3. The lowest BCUT2D eigenvalue weighted by atomic mass is 10.2. The van der Waals surface area contributed by atoms with E-state index in [0.717, 1.165) is 31.0 Å². The number of carbonyl (C=O) groups excluding carboxylic acids is 1. The summed E-state index contributed by atoms with van der Waals surface area (Å²) in [7, 11) is 0. The lowest BCUT2D eigenvalue weighted by Crippen LogP contribution is -2.18. The topological polar surface area (TPSA) is 67.8 Å². The molecule has 0 aromatic carbocycles. The molecule has 0 aliphatic heterocycles. The summed E-state index contributed by atoms with van der Waals surface area (Å²) < 4.78 is 37.8. The molecule has 0 spiro atoms. The average Bonchev–Trinajstić information content (AvgIpc) is 2.52. The second kappa shape index (κ2) is 7.85. The number of nitrogens with one attached hydrogen (secondary N) is 1. The lowest BCUT2D eigenvalue weighted by molar-refractivity contribution is -0.141. The van der Waals surface area contributed by atoms with E-state index in [1.165, 1.54) is 18.3 Å². The largest absolute Gasteiger partial charge is 0.433 e. The average molecular weight is 338 g/mol. The molecule has 0 saturated heterocycles. The van der Waals surface area contributed by atoms with Crippen LogP contribution in [-0.2, 0) is 23.8 Å². The standard InChI is InChI=1S/C16H17F3N4O/c1-2-3-5-11-8-9-20-15(22-11)23-14(24)10-12-6-4-7-13(21-12)16(17,18)19/h4,6-9H,2-3,5,10H2,1H3,(H,20,22,23,24). The number of amides is 1.